The summed E-state index contributed by atoms with van der Waals surface area (Å²) in [6.45, 7) is 4.70. The van der Waals surface area contributed by atoms with Crippen LogP contribution in [0.5, 0.6) is 0 Å². The molecule has 0 N–H and O–H groups in total. The molecule has 1 aliphatic rings. The maximum Gasteiger partial charge on any atom is 0.160 e. The molecule has 11 aromatic heterocycles. The van der Waals surface area contributed by atoms with Crippen molar-refractivity contribution in [3.8, 4) is 102 Å². The number of thiophene rings is 4. The van der Waals surface area contributed by atoms with E-state index in [1.807, 2.05) is 65.9 Å². The molecule has 0 fully saturated rings. The van der Waals surface area contributed by atoms with Gasteiger partial charge in [0.15, 0.2) is 17.5 Å². The average Bonchev–Trinajstić information content (AvgIpc) is 1.55. The van der Waals surface area contributed by atoms with Crippen LogP contribution in [0.3, 0.4) is 0 Å². The summed E-state index contributed by atoms with van der Waals surface area (Å²) in [5.74, 6) is 2.24. The Balaban J connectivity index is 0.000000102. The van der Waals surface area contributed by atoms with Crippen LogP contribution in [0.2, 0.25) is 0 Å². The van der Waals surface area contributed by atoms with E-state index in [0.29, 0.717) is 0 Å². The van der Waals surface area contributed by atoms with Crippen molar-refractivity contribution < 1.29 is 0 Å². The molecule has 30 aromatic rings. The van der Waals surface area contributed by atoms with Crippen LogP contribution in [0.4, 0.5) is 0 Å². The zero-order chi connectivity index (χ0) is 94.2. The smallest absolute Gasteiger partial charge is 0.160 e. The summed E-state index contributed by atoms with van der Waals surface area (Å²) in [4.78, 5) is 30.9. The maximum absolute atomic E-state index is 5.21. The first kappa shape index (κ1) is 82.6. The summed E-state index contributed by atoms with van der Waals surface area (Å²) in [6.07, 6.45) is 0. The van der Waals surface area contributed by atoms with Crippen LogP contribution in [-0.2, 0) is 5.41 Å². The zero-order valence-electron chi connectivity index (χ0n) is 77.3. The molecule has 0 saturated carbocycles. The van der Waals surface area contributed by atoms with Gasteiger partial charge in [-0.3, -0.25) is 0 Å². The lowest BCUT2D eigenvalue weighted by Gasteiger charge is -2.21. The van der Waals surface area contributed by atoms with Crippen LogP contribution in [0.1, 0.15) is 25.0 Å². The normalized spacial score (nSPS) is 12.5. The van der Waals surface area contributed by atoms with E-state index in [2.05, 4.69) is 426 Å². The third kappa shape index (κ3) is 13.3. The number of nitrogens with zero attached hydrogens (tertiary/aromatic N) is 10. The highest BCUT2D eigenvalue weighted by Crippen LogP contribution is 2.53. The lowest BCUT2D eigenvalue weighted by Crippen LogP contribution is -2.14. The topological polar surface area (TPSA) is 97.1 Å². The summed E-state index contributed by atoms with van der Waals surface area (Å²) in [5, 5.41) is 16.2. The van der Waals surface area contributed by atoms with E-state index in [9.17, 15) is 0 Å². The SMILES string of the molecule is CC1(C)c2ccccc2-c2cc3c(cc21)c1ccccc1n3-c1ccc(-c2nc(-c3ccccc3)nc3c2sc2ccccc23)cc1.c1ccc(-c2nc(-c3ccc(-n4c5ccccc5c5cc6c(cc54)c4ccccc4n6-c4ccccc4)cc3)c3sc4ccccc4c3n2)cc1.c1ccc(-c2nc(-c3ccc(-n4c5ccccc5c5cc6sc7ccccc7c6cc54)cc3)c3sc4ccccc4c3n2)cc1. The van der Waals surface area contributed by atoms with E-state index in [4.69, 9.17) is 29.9 Å². The van der Waals surface area contributed by atoms with Crippen molar-refractivity contribution in [2.45, 2.75) is 19.3 Å². The Kier molecular flexibility index (Phi) is 19.0. The fourth-order valence-corrected chi connectivity index (χ4v) is 26.9. The summed E-state index contributed by atoms with van der Waals surface area (Å²) in [7, 11) is 0. The van der Waals surface area contributed by atoms with E-state index in [-0.39, 0.29) is 5.41 Å². The van der Waals surface area contributed by atoms with Gasteiger partial charge in [0, 0.05) is 155 Å². The minimum atomic E-state index is -0.0426. The number of hydrogen-bond acceptors (Lipinski definition) is 10. The molecule has 143 heavy (non-hydrogen) atoms. The fourth-order valence-electron chi connectivity index (χ4n) is 22.3. The van der Waals surface area contributed by atoms with Gasteiger partial charge in [-0.1, -0.05) is 329 Å². The fraction of sp³-hybridized carbons (Fsp3) is 0.0233. The minimum absolute atomic E-state index is 0.0426. The molecule has 0 radical (unpaired) electrons. The highest BCUT2D eigenvalue weighted by Gasteiger charge is 2.37. The Bertz CT molecular complexity index is 10400. The van der Waals surface area contributed by atoms with Crippen LogP contribution in [-0.4, -0.2) is 48.2 Å². The van der Waals surface area contributed by atoms with Gasteiger partial charge in [0.05, 0.1) is 91.9 Å². The molecule has 31 rings (SSSR count). The number of para-hydroxylation sites is 5. The molecule has 0 atom stereocenters. The Morgan fingerprint density at radius 3 is 0.853 bits per heavy atom. The van der Waals surface area contributed by atoms with Gasteiger partial charge in [-0.2, -0.15) is 0 Å². The summed E-state index contributed by atoms with van der Waals surface area (Å²) in [5.41, 5.74) is 31.9. The number of benzene rings is 19. The Morgan fingerprint density at radius 2 is 0.469 bits per heavy atom. The predicted molar refractivity (Wildman–Crippen MR) is 605 cm³/mol. The van der Waals surface area contributed by atoms with Gasteiger partial charge < -0.3 is 18.3 Å². The van der Waals surface area contributed by atoms with Crippen molar-refractivity contribution in [1.29, 1.82) is 0 Å². The van der Waals surface area contributed by atoms with Gasteiger partial charge in [-0.05, 0) is 156 Å². The standard InChI is InChI=1S/C46H28N4S.C43H29N3S.C40H23N3S2/c1-3-13-30(14-4-1)46-47-43(45-44(48-46)35-19-9-12-22-42(35)51-45)29-23-25-32(26-24-29)50-39-21-11-8-18-34(39)37-27-40-36(28-41(37)50)33-17-7-10-20-38(33)49(40)31-15-5-2-6-16-31;1-43(2)34-17-9-6-14-29(34)32-25-37-33(24-35(32)43)30-15-7-10-18-36(30)46(37)28-22-20-26(21-23-28)39-41-40(31-16-8-11-19-38(31)47-41)45-42(44-39)27-12-4-3-5-13-27;1-2-10-25(11-3-1)40-41-37(39-38(42-40)29-14-6-9-17-35(29)45-39)24-18-20-26(21-19-24)43-32-15-7-4-12-27(32)30-23-36-31(22-33(30)43)28-13-5-8-16-34(28)44-36/h1-28H;3-25H,1-2H3;1-23H. The van der Waals surface area contributed by atoms with Crippen LogP contribution >= 0.6 is 45.3 Å². The molecule has 0 aliphatic heterocycles. The quantitative estimate of drug-likeness (QED) is 0.135. The highest BCUT2D eigenvalue weighted by molar-refractivity contribution is 7.27. The van der Waals surface area contributed by atoms with E-state index in [1.54, 1.807) is 34.0 Å². The van der Waals surface area contributed by atoms with Crippen LogP contribution in [0, 0.1) is 0 Å². The molecule has 10 nitrogen and oxygen atoms in total. The lowest BCUT2D eigenvalue weighted by atomic mass is 9.82. The molecule has 1 aliphatic carbocycles. The highest BCUT2D eigenvalue weighted by atomic mass is 32.1. The van der Waals surface area contributed by atoms with Gasteiger partial charge in [0.25, 0.3) is 0 Å². The second-order valence-corrected chi connectivity index (χ2v) is 41.7. The van der Waals surface area contributed by atoms with Gasteiger partial charge >= 0.3 is 0 Å². The first-order valence-electron chi connectivity index (χ1n) is 48.3. The number of aromatic nitrogens is 10. The molecule has 14 heteroatoms. The molecule has 0 unspecified atom stereocenters. The molecular weight excluding hydrogens is 1820 g/mol. The second kappa shape index (κ2) is 32.8. The van der Waals surface area contributed by atoms with Crippen molar-refractivity contribution >= 4 is 214 Å². The van der Waals surface area contributed by atoms with Crippen molar-refractivity contribution in [3.63, 3.8) is 0 Å². The largest absolute Gasteiger partial charge is 0.309 e. The van der Waals surface area contributed by atoms with E-state index in [1.165, 1.54) is 160 Å². The maximum atomic E-state index is 5.21. The Hall–Kier alpha value is -17.5. The van der Waals surface area contributed by atoms with Gasteiger partial charge in [0.1, 0.15) is 0 Å². The zero-order valence-corrected chi connectivity index (χ0v) is 80.6. The predicted octanol–water partition coefficient (Wildman–Crippen LogP) is 35.6. The van der Waals surface area contributed by atoms with E-state index in [0.717, 1.165) is 121 Å². The van der Waals surface area contributed by atoms with Crippen LogP contribution < -0.4 is 0 Å². The second-order valence-electron chi connectivity index (χ2n) is 37.4. The molecule has 0 spiro atoms. The minimum Gasteiger partial charge on any atom is -0.309 e. The molecule has 19 aromatic carbocycles. The van der Waals surface area contributed by atoms with Crippen molar-refractivity contribution in [1.82, 2.24) is 48.2 Å². The molecule has 11 heterocycles. The summed E-state index contributed by atoms with van der Waals surface area (Å²) < 4.78 is 19.3. The van der Waals surface area contributed by atoms with Gasteiger partial charge in [0.2, 0.25) is 0 Å². The first-order chi connectivity index (χ1) is 70.7. The summed E-state index contributed by atoms with van der Waals surface area (Å²) in [6, 6.07) is 161. The van der Waals surface area contributed by atoms with Crippen molar-refractivity contribution in [3.05, 3.63) is 460 Å². The van der Waals surface area contributed by atoms with E-state index < -0.39 is 0 Å². The van der Waals surface area contributed by atoms with E-state index >= 15 is 0 Å². The van der Waals surface area contributed by atoms with Crippen LogP contribution in [0.15, 0.2) is 449 Å². The Labute approximate surface area is 836 Å². The van der Waals surface area contributed by atoms with Crippen molar-refractivity contribution in [2.75, 3.05) is 0 Å². The molecule has 670 valence electrons. The third-order valence-corrected chi connectivity index (χ3v) is 33.6. The summed E-state index contributed by atoms with van der Waals surface area (Å²) >= 11 is 7.17. The van der Waals surface area contributed by atoms with Gasteiger partial charge in [-0.15, -0.1) is 45.3 Å². The lowest BCUT2D eigenvalue weighted by molar-refractivity contribution is 0.661. The van der Waals surface area contributed by atoms with Crippen LogP contribution in [0.25, 0.3) is 270 Å². The average molecular weight is 1900 g/mol. The van der Waals surface area contributed by atoms with Crippen molar-refractivity contribution in [2.24, 2.45) is 0 Å². The van der Waals surface area contributed by atoms with Gasteiger partial charge in [-0.25, -0.2) is 29.9 Å². The number of rotatable bonds is 10. The third-order valence-electron chi connectivity index (χ3n) is 29.0. The number of fused-ring (bicyclic) bond motifs is 27. The molecule has 0 bridgehead atoms. The molecule has 0 saturated heterocycles. The first-order valence-corrected chi connectivity index (χ1v) is 51.5. The monoisotopic (exact) mass is 1900 g/mol. The number of hydrogen-bond donors (Lipinski definition) is 0. The Morgan fingerprint density at radius 1 is 0.182 bits per heavy atom. The molecule has 0 amide bonds. The molecular formula is C129H80N10S4.